The van der Waals surface area contributed by atoms with E-state index in [0.29, 0.717) is 23.9 Å². The zero-order valence-electron chi connectivity index (χ0n) is 18.9. The summed E-state index contributed by atoms with van der Waals surface area (Å²) in [5.74, 6) is -0.103. The molecule has 33 heavy (non-hydrogen) atoms. The lowest BCUT2D eigenvalue weighted by Gasteiger charge is -2.29. The number of para-hydroxylation sites is 1. The van der Waals surface area contributed by atoms with Crippen LogP contribution in [-0.2, 0) is 14.8 Å². The number of sulfonamides is 1. The Morgan fingerprint density at radius 2 is 1.97 bits per heavy atom. The Kier molecular flexibility index (Phi) is 6.87. The largest absolute Gasteiger partial charge is 0.325 e. The summed E-state index contributed by atoms with van der Waals surface area (Å²) in [7, 11) is -3.61. The van der Waals surface area contributed by atoms with Crippen molar-refractivity contribution in [3.05, 3.63) is 53.6 Å². The number of hydrazone groups is 1. The van der Waals surface area contributed by atoms with Crippen LogP contribution in [-0.4, -0.2) is 53.9 Å². The standard InChI is InChI=1S/C23H27N5O3S2/c1-4-27(5-2)33(30,31)17-11-10-16(3)20(14-17)25-22(29)15-32-23-26-19-9-7-6-8-18(19)21-12-13-24-28(21)23/h6-11,13-14,21H,4-5,12,15H2,1-3H3,(H,25,29). The topological polar surface area (TPSA) is 94.4 Å². The summed E-state index contributed by atoms with van der Waals surface area (Å²) < 4.78 is 27.1. The second-order valence-electron chi connectivity index (χ2n) is 7.75. The van der Waals surface area contributed by atoms with E-state index in [0.717, 1.165) is 23.2 Å². The van der Waals surface area contributed by atoms with Gasteiger partial charge < -0.3 is 5.32 Å². The average molecular weight is 486 g/mol. The predicted octanol–water partition coefficient (Wildman–Crippen LogP) is 4.13. The van der Waals surface area contributed by atoms with Gasteiger partial charge in [-0.05, 0) is 30.7 Å². The molecule has 2 aromatic rings. The first kappa shape index (κ1) is 23.5. The van der Waals surface area contributed by atoms with Crippen LogP contribution >= 0.6 is 11.8 Å². The number of thioether (sulfide) groups is 1. The molecule has 2 aliphatic heterocycles. The van der Waals surface area contributed by atoms with E-state index in [-0.39, 0.29) is 22.6 Å². The molecule has 10 heteroatoms. The van der Waals surface area contributed by atoms with E-state index in [1.54, 1.807) is 26.0 Å². The van der Waals surface area contributed by atoms with Gasteiger partial charge in [0.2, 0.25) is 15.9 Å². The van der Waals surface area contributed by atoms with Gasteiger partial charge in [-0.2, -0.15) is 9.41 Å². The number of nitrogens with one attached hydrogen (secondary N) is 1. The van der Waals surface area contributed by atoms with Crippen molar-refractivity contribution < 1.29 is 13.2 Å². The summed E-state index contributed by atoms with van der Waals surface area (Å²) >= 11 is 1.32. The predicted molar refractivity (Wildman–Crippen MR) is 134 cm³/mol. The van der Waals surface area contributed by atoms with Crippen LogP contribution in [0.5, 0.6) is 0 Å². The number of nitrogens with zero attached hydrogens (tertiary/aromatic N) is 4. The quantitative estimate of drug-likeness (QED) is 0.636. The van der Waals surface area contributed by atoms with E-state index in [4.69, 9.17) is 4.99 Å². The van der Waals surface area contributed by atoms with Crippen molar-refractivity contribution in [2.24, 2.45) is 10.1 Å². The molecule has 2 aromatic carbocycles. The Labute approximate surface area is 198 Å². The Bertz CT molecular complexity index is 1220. The van der Waals surface area contributed by atoms with E-state index in [9.17, 15) is 13.2 Å². The Balaban J connectivity index is 1.48. The number of fused-ring (bicyclic) bond motifs is 3. The number of carbonyl (C=O) groups excluding carboxylic acids is 1. The third kappa shape index (κ3) is 4.68. The summed E-state index contributed by atoms with van der Waals surface area (Å²) in [6.07, 6.45) is 2.67. The summed E-state index contributed by atoms with van der Waals surface area (Å²) in [5.41, 5.74) is 3.31. The first-order valence-corrected chi connectivity index (χ1v) is 13.3. The lowest BCUT2D eigenvalue weighted by molar-refractivity contribution is -0.113. The van der Waals surface area contributed by atoms with E-state index in [1.165, 1.54) is 22.1 Å². The van der Waals surface area contributed by atoms with E-state index in [2.05, 4.69) is 16.5 Å². The van der Waals surface area contributed by atoms with Crippen LogP contribution in [0.15, 0.2) is 57.5 Å². The zero-order valence-corrected chi connectivity index (χ0v) is 20.5. The summed E-state index contributed by atoms with van der Waals surface area (Å²) in [4.78, 5) is 17.6. The fourth-order valence-electron chi connectivity index (χ4n) is 3.91. The van der Waals surface area contributed by atoms with Crippen molar-refractivity contribution >= 4 is 50.4 Å². The van der Waals surface area contributed by atoms with Gasteiger partial charge in [0.25, 0.3) is 0 Å². The van der Waals surface area contributed by atoms with Crippen LogP contribution in [0.4, 0.5) is 11.4 Å². The number of benzene rings is 2. The van der Waals surface area contributed by atoms with Gasteiger partial charge in [-0.15, -0.1) is 0 Å². The van der Waals surface area contributed by atoms with Crippen LogP contribution in [0.3, 0.4) is 0 Å². The second-order valence-corrected chi connectivity index (χ2v) is 10.6. The maximum Gasteiger partial charge on any atom is 0.243 e. The molecule has 1 atom stereocenters. The summed E-state index contributed by atoms with van der Waals surface area (Å²) in [6.45, 7) is 6.21. The molecule has 1 N–H and O–H groups in total. The number of carbonyl (C=O) groups is 1. The minimum atomic E-state index is -3.61. The first-order valence-electron chi connectivity index (χ1n) is 10.9. The van der Waals surface area contributed by atoms with Gasteiger partial charge in [-0.3, -0.25) is 4.79 Å². The minimum Gasteiger partial charge on any atom is -0.325 e. The number of anilines is 1. The number of rotatable bonds is 7. The lowest BCUT2D eigenvalue weighted by atomic mass is 10.0. The van der Waals surface area contributed by atoms with Gasteiger partial charge in [-0.25, -0.2) is 18.4 Å². The Hall–Kier alpha value is -2.69. The molecule has 1 unspecified atom stereocenters. The van der Waals surface area contributed by atoms with Crippen LogP contribution in [0, 0.1) is 6.92 Å². The molecule has 0 fully saturated rings. The van der Waals surface area contributed by atoms with Crippen molar-refractivity contribution in [1.82, 2.24) is 9.31 Å². The second kappa shape index (κ2) is 9.66. The van der Waals surface area contributed by atoms with E-state index < -0.39 is 10.0 Å². The maximum absolute atomic E-state index is 12.9. The van der Waals surface area contributed by atoms with Gasteiger partial charge >= 0.3 is 0 Å². The van der Waals surface area contributed by atoms with Crippen LogP contribution < -0.4 is 5.32 Å². The fraction of sp³-hybridized carbons (Fsp3) is 0.348. The van der Waals surface area contributed by atoms with Gasteiger partial charge in [0.15, 0.2) is 5.17 Å². The summed E-state index contributed by atoms with van der Waals surface area (Å²) in [6, 6.07) is 12.9. The molecule has 0 saturated carbocycles. The molecule has 0 bridgehead atoms. The number of hydrogen-bond acceptors (Lipinski definition) is 7. The molecule has 1 amide bonds. The minimum absolute atomic E-state index is 0.105. The van der Waals surface area contributed by atoms with Gasteiger partial charge in [0.05, 0.1) is 22.4 Å². The first-order chi connectivity index (χ1) is 15.8. The SMILES string of the molecule is CCN(CC)S(=O)(=O)c1ccc(C)c(NC(=O)CSC2=Nc3ccccc3C3CC=NN23)c1. The molecule has 2 heterocycles. The fourth-order valence-corrected chi connectivity index (χ4v) is 6.19. The van der Waals surface area contributed by atoms with Crippen LogP contribution in [0.25, 0.3) is 0 Å². The van der Waals surface area contributed by atoms with Crippen molar-refractivity contribution in [1.29, 1.82) is 0 Å². The number of amidine groups is 1. The van der Waals surface area contributed by atoms with Crippen molar-refractivity contribution in [2.45, 2.75) is 38.1 Å². The van der Waals surface area contributed by atoms with Crippen molar-refractivity contribution in [3.8, 4) is 0 Å². The van der Waals surface area contributed by atoms with Crippen molar-refractivity contribution in [3.63, 3.8) is 0 Å². The molecule has 0 radical (unpaired) electrons. The average Bonchev–Trinajstić information content (AvgIpc) is 3.30. The molecular formula is C23H27N5O3S2. The number of hydrogen-bond donors (Lipinski definition) is 1. The third-order valence-electron chi connectivity index (χ3n) is 5.70. The molecular weight excluding hydrogens is 458 g/mol. The highest BCUT2D eigenvalue weighted by atomic mass is 32.2. The Morgan fingerprint density at radius 1 is 1.21 bits per heavy atom. The van der Waals surface area contributed by atoms with Gasteiger partial charge in [-0.1, -0.05) is 49.9 Å². The molecule has 0 spiro atoms. The molecule has 0 aromatic heterocycles. The normalized spacial score (nSPS) is 17.0. The Morgan fingerprint density at radius 3 is 2.73 bits per heavy atom. The van der Waals surface area contributed by atoms with E-state index in [1.807, 2.05) is 36.3 Å². The number of aliphatic imine (C=N–C) groups is 1. The highest BCUT2D eigenvalue weighted by Gasteiger charge is 2.32. The zero-order chi connectivity index (χ0) is 23.6. The van der Waals surface area contributed by atoms with Crippen LogP contribution in [0.1, 0.15) is 37.4 Å². The molecule has 2 aliphatic rings. The number of aryl methyl sites for hydroxylation is 1. The molecule has 0 aliphatic carbocycles. The number of amides is 1. The highest BCUT2D eigenvalue weighted by Crippen LogP contribution is 2.40. The van der Waals surface area contributed by atoms with Crippen molar-refractivity contribution in [2.75, 3.05) is 24.2 Å². The maximum atomic E-state index is 12.9. The van der Waals surface area contributed by atoms with Crippen LogP contribution in [0.2, 0.25) is 0 Å². The molecule has 8 nitrogen and oxygen atoms in total. The highest BCUT2D eigenvalue weighted by molar-refractivity contribution is 8.14. The molecule has 0 saturated heterocycles. The smallest absolute Gasteiger partial charge is 0.243 e. The lowest BCUT2D eigenvalue weighted by Crippen LogP contribution is -2.30. The summed E-state index contributed by atoms with van der Waals surface area (Å²) in [5, 5.41) is 9.84. The van der Waals surface area contributed by atoms with Gasteiger partial charge in [0.1, 0.15) is 0 Å². The molecule has 174 valence electrons. The van der Waals surface area contributed by atoms with Gasteiger partial charge in [0, 0.05) is 37.0 Å². The van der Waals surface area contributed by atoms with E-state index >= 15 is 0 Å². The monoisotopic (exact) mass is 485 g/mol. The molecule has 4 rings (SSSR count). The third-order valence-corrected chi connectivity index (χ3v) is 8.69.